The lowest BCUT2D eigenvalue weighted by Gasteiger charge is -2.11. The Morgan fingerprint density at radius 1 is 0.960 bits per heavy atom. The Hall–Kier alpha value is -3.14. The first kappa shape index (κ1) is 14.2. The number of hydrogen-bond donors (Lipinski definition) is 2. The number of nitrogens with two attached hydrogens (primary N) is 1. The number of benzene rings is 2. The van der Waals surface area contributed by atoms with Gasteiger partial charge in [-0.15, -0.1) is 0 Å². The van der Waals surface area contributed by atoms with E-state index in [2.05, 4.69) is 63.7 Å². The molecule has 4 nitrogen and oxygen atoms in total. The summed E-state index contributed by atoms with van der Waals surface area (Å²) in [7, 11) is 0. The number of rotatable bonds is 3. The fraction of sp³-hybridized carbons (Fsp3) is 0.143. The molecule has 5 rings (SSSR count). The summed E-state index contributed by atoms with van der Waals surface area (Å²) in [5.41, 5.74) is 12.7. The first-order valence-corrected chi connectivity index (χ1v) is 8.58. The Bertz CT molecular complexity index is 1080. The summed E-state index contributed by atoms with van der Waals surface area (Å²) in [6, 6.07) is 18.9. The highest BCUT2D eigenvalue weighted by Gasteiger charge is 2.24. The minimum atomic E-state index is 0.542. The lowest BCUT2D eigenvalue weighted by molar-refractivity contribution is 1.12. The van der Waals surface area contributed by atoms with Crippen LogP contribution >= 0.6 is 0 Å². The molecule has 0 amide bonds. The van der Waals surface area contributed by atoms with E-state index in [9.17, 15) is 0 Å². The highest BCUT2D eigenvalue weighted by molar-refractivity contribution is 5.88. The normalized spacial score (nSPS) is 14.1. The molecule has 25 heavy (non-hydrogen) atoms. The molecule has 0 saturated heterocycles. The summed E-state index contributed by atoms with van der Waals surface area (Å²) >= 11 is 0. The molecular formula is C21H18N4. The highest BCUT2D eigenvalue weighted by Crippen LogP contribution is 2.42. The zero-order valence-corrected chi connectivity index (χ0v) is 13.7. The smallest absolute Gasteiger partial charge is 0.124 e. The summed E-state index contributed by atoms with van der Waals surface area (Å²) < 4.78 is 0. The van der Waals surface area contributed by atoms with Crippen molar-refractivity contribution in [1.82, 2.24) is 15.2 Å². The predicted molar refractivity (Wildman–Crippen MR) is 101 cm³/mol. The summed E-state index contributed by atoms with van der Waals surface area (Å²) in [6.07, 6.45) is 4.42. The van der Waals surface area contributed by atoms with Gasteiger partial charge in [-0.1, -0.05) is 24.3 Å². The van der Waals surface area contributed by atoms with E-state index < -0.39 is 0 Å². The quantitative estimate of drug-likeness (QED) is 0.571. The number of nitrogen functional groups attached to an aromatic ring is 1. The number of nitrogens with one attached hydrogen (secondary N) is 1. The topological polar surface area (TPSA) is 67.6 Å². The van der Waals surface area contributed by atoms with Crippen LogP contribution in [0.5, 0.6) is 0 Å². The number of nitrogens with zero attached hydrogens (tertiary/aromatic N) is 2. The average molecular weight is 326 g/mol. The van der Waals surface area contributed by atoms with Crippen molar-refractivity contribution in [1.29, 1.82) is 0 Å². The van der Waals surface area contributed by atoms with E-state index in [1.165, 1.54) is 18.4 Å². The Morgan fingerprint density at radius 3 is 2.76 bits per heavy atom. The average Bonchev–Trinajstić information content (AvgIpc) is 3.39. The number of anilines is 1. The molecule has 0 atom stereocenters. The summed E-state index contributed by atoms with van der Waals surface area (Å²) in [5, 5.41) is 8.19. The van der Waals surface area contributed by atoms with E-state index in [0.717, 1.165) is 33.3 Å². The Balaban J connectivity index is 1.68. The largest absolute Gasteiger partial charge is 0.384 e. The lowest BCUT2D eigenvalue weighted by atomic mass is 9.96. The summed E-state index contributed by atoms with van der Waals surface area (Å²) in [6.45, 7) is 0. The minimum Gasteiger partial charge on any atom is -0.384 e. The van der Waals surface area contributed by atoms with Crippen LogP contribution in [0.1, 0.15) is 24.3 Å². The molecule has 0 spiro atoms. The molecular weight excluding hydrogens is 308 g/mol. The first-order valence-electron chi connectivity index (χ1n) is 8.58. The molecule has 1 aliphatic carbocycles. The van der Waals surface area contributed by atoms with E-state index in [0.29, 0.717) is 11.7 Å². The van der Waals surface area contributed by atoms with Gasteiger partial charge in [0.25, 0.3) is 0 Å². The van der Waals surface area contributed by atoms with Crippen molar-refractivity contribution in [2.75, 3.05) is 5.73 Å². The van der Waals surface area contributed by atoms with Crippen LogP contribution in [0.3, 0.4) is 0 Å². The molecule has 2 heterocycles. The van der Waals surface area contributed by atoms with E-state index in [-0.39, 0.29) is 0 Å². The number of aromatic nitrogens is 3. The monoisotopic (exact) mass is 326 g/mol. The lowest BCUT2D eigenvalue weighted by Crippen LogP contribution is -1.96. The van der Waals surface area contributed by atoms with Gasteiger partial charge in [-0.2, -0.15) is 5.10 Å². The maximum absolute atomic E-state index is 6.00. The fourth-order valence-corrected chi connectivity index (χ4v) is 3.39. The van der Waals surface area contributed by atoms with E-state index >= 15 is 0 Å². The number of aromatic amines is 1. The highest BCUT2D eigenvalue weighted by atomic mass is 15.1. The third-order valence-corrected chi connectivity index (χ3v) is 4.88. The number of hydrogen-bond acceptors (Lipinski definition) is 3. The molecule has 4 aromatic rings. The zero-order chi connectivity index (χ0) is 16.8. The molecule has 0 aliphatic heterocycles. The molecule has 0 unspecified atom stereocenters. The van der Waals surface area contributed by atoms with Crippen LogP contribution in [0.15, 0.2) is 60.8 Å². The van der Waals surface area contributed by atoms with Crippen molar-refractivity contribution in [2.45, 2.75) is 18.8 Å². The Labute approximate surface area is 145 Å². The molecule has 0 radical (unpaired) electrons. The van der Waals surface area contributed by atoms with Gasteiger partial charge in [-0.3, -0.25) is 5.10 Å². The van der Waals surface area contributed by atoms with Crippen molar-refractivity contribution in [3.05, 3.63) is 66.4 Å². The predicted octanol–water partition coefficient (Wildman–Crippen LogP) is 4.75. The fourth-order valence-electron chi connectivity index (χ4n) is 3.39. The van der Waals surface area contributed by atoms with Crippen LogP contribution in [-0.4, -0.2) is 15.2 Å². The van der Waals surface area contributed by atoms with Crippen molar-refractivity contribution in [3.63, 3.8) is 0 Å². The van der Waals surface area contributed by atoms with Crippen molar-refractivity contribution < 1.29 is 0 Å². The van der Waals surface area contributed by atoms with Crippen molar-refractivity contribution in [2.24, 2.45) is 0 Å². The van der Waals surface area contributed by atoms with Gasteiger partial charge >= 0.3 is 0 Å². The van der Waals surface area contributed by atoms with Crippen LogP contribution in [0, 0.1) is 0 Å². The van der Waals surface area contributed by atoms with Gasteiger partial charge in [0, 0.05) is 16.5 Å². The van der Waals surface area contributed by atoms with E-state index in [1.807, 2.05) is 12.3 Å². The first-order chi connectivity index (χ1) is 12.3. The summed E-state index contributed by atoms with van der Waals surface area (Å²) in [5.74, 6) is 1.26. The molecule has 1 fully saturated rings. The second-order valence-corrected chi connectivity index (χ2v) is 6.70. The van der Waals surface area contributed by atoms with Gasteiger partial charge in [-0.25, -0.2) is 4.98 Å². The standard InChI is InChI=1S/C21H18N4/c22-20-9-7-18(15-6-8-19-17(11-15)12-23-25-19)21(24-20)16-3-1-2-14(10-16)13-4-5-13/h1-3,6-13H,4-5H2,(H2,22,24)(H,23,25). The Kier molecular flexibility index (Phi) is 3.10. The van der Waals surface area contributed by atoms with Crippen molar-refractivity contribution >= 4 is 16.7 Å². The molecule has 2 aromatic heterocycles. The van der Waals surface area contributed by atoms with Crippen LogP contribution in [0.25, 0.3) is 33.3 Å². The van der Waals surface area contributed by atoms with E-state index in [4.69, 9.17) is 5.73 Å². The maximum atomic E-state index is 6.00. The second-order valence-electron chi connectivity index (χ2n) is 6.70. The van der Waals surface area contributed by atoms with E-state index in [1.54, 1.807) is 0 Å². The van der Waals surface area contributed by atoms with Gasteiger partial charge in [0.2, 0.25) is 0 Å². The molecule has 1 saturated carbocycles. The van der Waals surface area contributed by atoms with Crippen LogP contribution < -0.4 is 5.73 Å². The van der Waals surface area contributed by atoms with Gasteiger partial charge in [0.1, 0.15) is 5.82 Å². The molecule has 2 aromatic carbocycles. The van der Waals surface area contributed by atoms with Gasteiger partial charge in [0.15, 0.2) is 0 Å². The van der Waals surface area contributed by atoms with Crippen LogP contribution in [-0.2, 0) is 0 Å². The third-order valence-electron chi connectivity index (χ3n) is 4.88. The number of fused-ring (bicyclic) bond motifs is 1. The molecule has 3 N–H and O–H groups in total. The second kappa shape index (κ2) is 5.45. The Morgan fingerprint density at radius 2 is 1.88 bits per heavy atom. The molecule has 1 aliphatic rings. The van der Waals surface area contributed by atoms with Gasteiger partial charge < -0.3 is 5.73 Å². The molecule has 0 bridgehead atoms. The number of H-pyrrole nitrogens is 1. The SMILES string of the molecule is Nc1ccc(-c2ccc3[nH]ncc3c2)c(-c2cccc(C3CC3)c2)n1. The van der Waals surface area contributed by atoms with Crippen molar-refractivity contribution in [3.8, 4) is 22.4 Å². The minimum absolute atomic E-state index is 0.542. The third kappa shape index (κ3) is 2.56. The van der Waals surface area contributed by atoms with Crippen LogP contribution in [0.4, 0.5) is 5.82 Å². The van der Waals surface area contributed by atoms with Crippen LogP contribution in [0.2, 0.25) is 0 Å². The number of pyridine rings is 1. The van der Waals surface area contributed by atoms with Gasteiger partial charge in [-0.05, 0) is 60.2 Å². The van der Waals surface area contributed by atoms with Gasteiger partial charge in [0.05, 0.1) is 17.4 Å². The maximum Gasteiger partial charge on any atom is 0.124 e. The molecule has 4 heteroatoms. The zero-order valence-electron chi connectivity index (χ0n) is 13.7. The molecule has 122 valence electrons. The summed E-state index contributed by atoms with van der Waals surface area (Å²) in [4.78, 5) is 4.66.